The van der Waals surface area contributed by atoms with Crippen LogP contribution in [0.25, 0.3) is 9.40 Å². The number of benzene rings is 1. The molecule has 1 atom stereocenters. The molecular weight excluding hydrogens is 272 g/mol. The molecule has 2 aromatic heterocycles. The molecule has 1 aromatic carbocycles. The number of thiophene rings is 2. The quantitative estimate of drug-likeness (QED) is 0.706. The summed E-state index contributed by atoms with van der Waals surface area (Å²) in [6.45, 7) is 6.28. The highest BCUT2D eigenvalue weighted by Crippen LogP contribution is 2.37. The second kappa shape index (κ2) is 4.75. The summed E-state index contributed by atoms with van der Waals surface area (Å²) >= 11 is 3.42. The molecule has 0 aliphatic carbocycles. The zero-order valence-corrected chi connectivity index (χ0v) is 12.9. The largest absolute Gasteiger partial charge is 0.383 e. The lowest BCUT2D eigenvalue weighted by Gasteiger charge is -2.14. The maximum atomic E-state index is 10.6. The van der Waals surface area contributed by atoms with Crippen molar-refractivity contribution in [3.63, 3.8) is 0 Å². The molecule has 2 heterocycles. The summed E-state index contributed by atoms with van der Waals surface area (Å²) in [6, 6.07) is 8.51. The molecule has 0 saturated carbocycles. The van der Waals surface area contributed by atoms with E-state index < -0.39 is 6.10 Å². The number of aryl methyl sites for hydroxylation is 3. The fourth-order valence-corrected chi connectivity index (χ4v) is 4.47. The van der Waals surface area contributed by atoms with E-state index >= 15 is 0 Å². The molecule has 19 heavy (non-hydrogen) atoms. The van der Waals surface area contributed by atoms with Gasteiger partial charge in [-0.25, -0.2) is 0 Å². The van der Waals surface area contributed by atoms with Gasteiger partial charge in [-0.05, 0) is 60.5 Å². The van der Waals surface area contributed by atoms with Crippen LogP contribution in [0.4, 0.5) is 0 Å². The van der Waals surface area contributed by atoms with Gasteiger partial charge in [-0.15, -0.1) is 22.7 Å². The van der Waals surface area contributed by atoms with Crippen LogP contribution in [0.15, 0.2) is 29.6 Å². The molecule has 0 saturated heterocycles. The van der Waals surface area contributed by atoms with Crippen LogP contribution in [0.1, 0.15) is 33.2 Å². The number of hydrogen-bond acceptors (Lipinski definition) is 3. The van der Waals surface area contributed by atoms with Gasteiger partial charge >= 0.3 is 0 Å². The maximum Gasteiger partial charge on any atom is 0.114 e. The molecule has 1 unspecified atom stereocenters. The standard InChI is InChI=1S/C16H16OS2/c1-9-6-11(3)12(7-10(9)2)16(17)15-8-14-13(19-15)4-5-18-14/h4-8,16-17H,1-3H3. The Morgan fingerprint density at radius 1 is 0.947 bits per heavy atom. The van der Waals surface area contributed by atoms with E-state index in [1.54, 1.807) is 22.7 Å². The topological polar surface area (TPSA) is 20.2 Å². The van der Waals surface area contributed by atoms with Gasteiger partial charge in [0.05, 0.1) is 0 Å². The van der Waals surface area contributed by atoms with E-state index in [-0.39, 0.29) is 0 Å². The van der Waals surface area contributed by atoms with Crippen molar-refractivity contribution in [3.8, 4) is 0 Å². The Labute approximate surface area is 121 Å². The molecule has 3 aromatic rings. The van der Waals surface area contributed by atoms with Crippen LogP contribution in [-0.2, 0) is 0 Å². The Morgan fingerprint density at radius 3 is 2.42 bits per heavy atom. The minimum absolute atomic E-state index is 0.510. The number of fused-ring (bicyclic) bond motifs is 1. The average molecular weight is 288 g/mol. The first-order valence-corrected chi connectivity index (χ1v) is 7.98. The Bertz CT molecular complexity index is 708. The summed E-state index contributed by atoms with van der Waals surface area (Å²) in [5.41, 5.74) is 4.70. The van der Waals surface area contributed by atoms with Crippen molar-refractivity contribution < 1.29 is 5.11 Å². The lowest BCUT2D eigenvalue weighted by molar-refractivity contribution is 0.223. The lowest BCUT2D eigenvalue weighted by atomic mass is 9.96. The summed E-state index contributed by atoms with van der Waals surface area (Å²) < 4.78 is 2.53. The van der Waals surface area contributed by atoms with Crippen molar-refractivity contribution in [3.05, 3.63) is 56.8 Å². The van der Waals surface area contributed by atoms with Gasteiger partial charge in [0.1, 0.15) is 6.10 Å². The minimum atomic E-state index is -0.510. The van der Waals surface area contributed by atoms with Crippen molar-refractivity contribution in [2.24, 2.45) is 0 Å². The van der Waals surface area contributed by atoms with Gasteiger partial charge < -0.3 is 5.11 Å². The van der Waals surface area contributed by atoms with Gasteiger partial charge in [0, 0.05) is 14.3 Å². The van der Waals surface area contributed by atoms with Crippen LogP contribution in [0.2, 0.25) is 0 Å². The first kappa shape index (κ1) is 12.9. The van der Waals surface area contributed by atoms with E-state index in [9.17, 15) is 5.11 Å². The van der Waals surface area contributed by atoms with Gasteiger partial charge in [0.25, 0.3) is 0 Å². The third kappa shape index (κ3) is 2.22. The highest BCUT2D eigenvalue weighted by molar-refractivity contribution is 7.26. The highest BCUT2D eigenvalue weighted by atomic mass is 32.1. The second-order valence-electron chi connectivity index (χ2n) is 4.99. The molecule has 0 aliphatic rings. The van der Waals surface area contributed by atoms with Crippen molar-refractivity contribution >= 4 is 32.1 Å². The maximum absolute atomic E-state index is 10.6. The van der Waals surface area contributed by atoms with E-state index in [4.69, 9.17) is 0 Å². The number of hydrogen-bond donors (Lipinski definition) is 1. The van der Waals surface area contributed by atoms with Gasteiger partial charge in [0.15, 0.2) is 0 Å². The number of aliphatic hydroxyl groups excluding tert-OH is 1. The van der Waals surface area contributed by atoms with Crippen LogP contribution in [0.5, 0.6) is 0 Å². The average Bonchev–Trinajstić information content (AvgIpc) is 2.93. The predicted molar refractivity (Wildman–Crippen MR) is 84.4 cm³/mol. The summed E-state index contributed by atoms with van der Waals surface area (Å²) in [7, 11) is 0. The molecule has 0 spiro atoms. The fraction of sp³-hybridized carbons (Fsp3) is 0.250. The molecule has 0 amide bonds. The van der Waals surface area contributed by atoms with Crippen molar-refractivity contribution in [2.75, 3.05) is 0 Å². The van der Waals surface area contributed by atoms with Gasteiger partial charge in [-0.3, -0.25) is 0 Å². The Kier molecular flexibility index (Phi) is 3.21. The molecule has 0 fully saturated rings. The Balaban J connectivity index is 2.06. The summed E-state index contributed by atoms with van der Waals surface area (Å²) in [4.78, 5) is 1.04. The molecule has 0 aliphatic heterocycles. The van der Waals surface area contributed by atoms with E-state index in [0.29, 0.717) is 0 Å². The molecule has 98 valence electrons. The summed E-state index contributed by atoms with van der Waals surface area (Å²) in [5.74, 6) is 0. The van der Waals surface area contributed by atoms with Crippen molar-refractivity contribution in [2.45, 2.75) is 26.9 Å². The van der Waals surface area contributed by atoms with E-state index in [1.807, 2.05) is 0 Å². The van der Waals surface area contributed by atoms with E-state index in [0.717, 1.165) is 16.0 Å². The van der Waals surface area contributed by atoms with Crippen molar-refractivity contribution in [1.82, 2.24) is 0 Å². The Hall–Kier alpha value is -1.16. The lowest BCUT2D eigenvalue weighted by Crippen LogP contribution is -2.01. The van der Waals surface area contributed by atoms with Crippen molar-refractivity contribution in [1.29, 1.82) is 0 Å². The van der Waals surface area contributed by atoms with Gasteiger partial charge in [-0.1, -0.05) is 12.1 Å². The summed E-state index contributed by atoms with van der Waals surface area (Å²) in [6.07, 6.45) is -0.510. The number of rotatable bonds is 2. The zero-order valence-electron chi connectivity index (χ0n) is 11.2. The molecule has 1 N–H and O–H groups in total. The van der Waals surface area contributed by atoms with Crippen LogP contribution >= 0.6 is 22.7 Å². The van der Waals surface area contributed by atoms with E-state index in [2.05, 4.69) is 50.4 Å². The molecular formula is C16H16OS2. The second-order valence-corrected chi connectivity index (χ2v) is 7.06. The third-order valence-corrected chi connectivity index (χ3v) is 5.75. The first-order chi connectivity index (χ1) is 9.06. The Morgan fingerprint density at radius 2 is 1.68 bits per heavy atom. The normalized spacial score (nSPS) is 13.1. The monoisotopic (exact) mass is 288 g/mol. The molecule has 0 bridgehead atoms. The molecule has 1 nitrogen and oxygen atoms in total. The minimum Gasteiger partial charge on any atom is -0.383 e. The fourth-order valence-electron chi connectivity index (χ4n) is 2.35. The highest BCUT2D eigenvalue weighted by Gasteiger charge is 2.17. The first-order valence-electron chi connectivity index (χ1n) is 6.29. The van der Waals surface area contributed by atoms with E-state index in [1.165, 1.54) is 20.5 Å². The SMILES string of the molecule is Cc1cc(C)c(C(O)c2cc3sccc3s2)cc1C. The molecule has 0 radical (unpaired) electrons. The van der Waals surface area contributed by atoms with Gasteiger partial charge in [-0.2, -0.15) is 0 Å². The van der Waals surface area contributed by atoms with Gasteiger partial charge in [0.2, 0.25) is 0 Å². The van der Waals surface area contributed by atoms with Crippen LogP contribution in [0.3, 0.4) is 0 Å². The smallest absolute Gasteiger partial charge is 0.114 e. The number of aliphatic hydroxyl groups is 1. The molecule has 3 rings (SSSR count). The van der Waals surface area contributed by atoms with Crippen LogP contribution in [0, 0.1) is 20.8 Å². The van der Waals surface area contributed by atoms with Crippen LogP contribution in [-0.4, -0.2) is 5.11 Å². The van der Waals surface area contributed by atoms with Crippen LogP contribution < -0.4 is 0 Å². The third-order valence-electron chi connectivity index (χ3n) is 3.60. The predicted octanol–water partition coefficient (Wildman–Crippen LogP) is 4.97. The molecule has 3 heteroatoms. The summed E-state index contributed by atoms with van der Waals surface area (Å²) in [5, 5.41) is 12.7. The zero-order chi connectivity index (χ0) is 13.6.